The number of amides is 3. The summed E-state index contributed by atoms with van der Waals surface area (Å²) in [6, 6.07) is 11.7. The first-order valence-electron chi connectivity index (χ1n) is 17.9. The largest absolute Gasteiger partial charge is 0.493 e. The molecule has 2 aromatic rings. The number of benzene rings is 2. The van der Waals surface area contributed by atoms with Gasteiger partial charge in [0.2, 0.25) is 17.6 Å². The molecule has 0 bridgehead atoms. The van der Waals surface area contributed by atoms with Crippen molar-refractivity contribution in [2.75, 3.05) is 27.9 Å². The third-order valence-electron chi connectivity index (χ3n) is 9.91. The highest BCUT2D eigenvalue weighted by atomic mass is 16.7. The summed E-state index contributed by atoms with van der Waals surface area (Å²) in [7, 11) is 4.56. The molecule has 1 saturated carbocycles. The van der Waals surface area contributed by atoms with Crippen LogP contribution in [0.25, 0.3) is 0 Å². The number of ether oxygens (including phenoxy) is 4. The van der Waals surface area contributed by atoms with E-state index in [1.807, 2.05) is 49.4 Å². The molecule has 3 N–H and O–H groups in total. The standard InChI is InChI=1S/C39H51N5O9/c1-8-13-28(32(45)36(47)41-26-18-19-26)42-35(46)30-21-39(20-29(43-53-39)27-16-12-17-31(49-5)33(27)50-6)23-44(30)37(48)34(38(3,4)51-7)40-24(2)52-22-25-14-10-9-11-15-25/h9-12,14-17,26,28,30,34,40H,2,8,13,18-23H2,1,3-7H3,(H,41,47)(H,42,46)/t28-,30-,34+,39+/m0/s1. The average molecular weight is 734 g/mol. The van der Waals surface area contributed by atoms with E-state index >= 15 is 0 Å². The van der Waals surface area contributed by atoms with Gasteiger partial charge in [-0.1, -0.05) is 54.9 Å². The molecule has 2 heterocycles. The van der Waals surface area contributed by atoms with Crippen LogP contribution < -0.4 is 25.4 Å². The second-order valence-electron chi connectivity index (χ2n) is 14.3. The summed E-state index contributed by atoms with van der Waals surface area (Å²) in [5, 5.41) is 13.1. The third-order valence-corrected chi connectivity index (χ3v) is 9.91. The van der Waals surface area contributed by atoms with Crippen LogP contribution >= 0.6 is 0 Å². The topological polar surface area (TPSA) is 166 Å². The first kappa shape index (κ1) is 39.1. The molecule has 0 radical (unpaired) electrons. The molecule has 0 unspecified atom stereocenters. The maximum atomic E-state index is 14.8. The molecule has 53 heavy (non-hydrogen) atoms. The number of methoxy groups -OCH3 is 3. The fourth-order valence-corrected chi connectivity index (χ4v) is 6.62. The van der Waals surface area contributed by atoms with Crippen LogP contribution in [0.2, 0.25) is 0 Å². The van der Waals surface area contributed by atoms with Gasteiger partial charge in [-0.2, -0.15) is 0 Å². The number of carbonyl (C=O) groups excluding carboxylic acids is 4. The number of ketones is 1. The smallest absolute Gasteiger partial charge is 0.289 e. The van der Waals surface area contributed by atoms with Gasteiger partial charge in [-0.15, -0.1) is 0 Å². The Morgan fingerprint density at radius 1 is 1.04 bits per heavy atom. The van der Waals surface area contributed by atoms with Gasteiger partial charge in [-0.25, -0.2) is 0 Å². The first-order chi connectivity index (χ1) is 25.3. The van der Waals surface area contributed by atoms with Gasteiger partial charge in [0.05, 0.1) is 38.1 Å². The Hall–Kier alpha value is -5.11. The lowest BCUT2D eigenvalue weighted by Crippen LogP contribution is -2.61. The van der Waals surface area contributed by atoms with Crippen molar-refractivity contribution in [2.45, 2.75) is 101 Å². The molecule has 3 amide bonds. The minimum absolute atomic E-state index is 0.0208. The minimum atomic E-state index is -1.11. The van der Waals surface area contributed by atoms with E-state index < -0.39 is 52.8 Å². The summed E-state index contributed by atoms with van der Waals surface area (Å²) >= 11 is 0. The van der Waals surface area contributed by atoms with Crippen molar-refractivity contribution in [3.05, 3.63) is 72.1 Å². The highest BCUT2D eigenvalue weighted by molar-refractivity contribution is 6.38. The monoisotopic (exact) mass is 733 g/mol. The fraction of sp³-hybridized carbons (Fsp3) is 0.513. The zero-order valence-electron chi connectivity index (χ0n) is 31.4. The van der Waals surface area contributed by atoms with Crippen molar-refractivity contribution in [1.82, 2.24) is 20.9 Å². The van der Waals surface area contributed by atoms with Gasteiger partial charge in [0.15, 0.2) is 23.0 Å². The van der Waals surface area contributed by atoms with E-state index in [-0.39, 0.29) is 44.3 Å². The molecule has 2 aromatic carbocycles. The maximum absolute atomic E-state index is 14.8. The van der Waals surface area contributed by atoms with Crippen LogP contribution in [0.4, 0.5) is 0 Å². The van der Waals surface area contributed by atoms with Crippen LogP contribution in [-0.2, 0) is 40.1 Å². The van der Waals surface area contributed by atoms with Gasteiger partial charge >= 0.3 is 0 Å². The van der Waals surface area contributed by atoms with E-state index in [1.165, 1.54) is 19.1 Å². The Morgan fingerprint density at radius 3 is 2.42 bits per heavy atom. The number of para-hydroxylation sites is 1. The van der Waals surface area contributed by atoms with Crippen molar-refractivity contribution in [3.8, 4) is 11.5 Å². The number of nitrogens with zero attached hydrogens (tertiary/aromatic N) is 2. The summed E-state index contributed by atoms with van der Waals surface area (Å²) in [6.07, 6.45) is 2.70. The van der Waals surface area contributed by atoms with Crippen molar-refractivity contribution in [2.24, 2.45) is 5.16 Å². The molecule has 286 valence electrons. The van der Waals surface area contributed by atoms with Gasteiger partial charge in [0.25, 0.3) is 5.91 Å². The van der Waals surface area contributed by atoms with Gasteiger partial charge in [-0.3, -0.25) is 19.2 Å². The van der Waals surface area contributed by atoms with Crippen molar-refractivity contribution in [3.63, 3.8) is 0 Å². The summed E-state index contributed by atoms with van der Waals surface area (Å²) in [5.74, 6) is -1.42. The van der Waals surface area contributed by atoms with E-state index in [0.29, 0.717) is 29.2 Å². The number of rotatable bonds is 18. The summed E-state index contributed by atoms with van der Waals surface area (Å²) in [4.78, 5) is 62.7. The van der Waals surface area contributed by atoms with Crippen molar-refractivity contribution < 1.29 is 43.0 Å². The highest BCUT2D eigenvalue weighted by Crippen LogP contribution is 2.42. The lowest BCUT2D eigenvalue weighted by molar-refractivity contribution is -0.147. The third kappa shape index (κ3) is 9.10. The van der Waals surface area contributed by atoms with Crippen LogP contribution in [0.5, 0.6) is 11.5 Å². The Bertz CT molecular complexity index is 1710. The molecule has 1 saturated heterocycles. The Balaban J connectivity index is 1.43. The molecule has 2 fully saturated rings. The highest BCUT2D eigenvalue weighted by Gasteiger charge is 2.56. The molecule has 2 aliphatic heterocycles. The van der Waals surface area contributed by atoms with Gasteiger partial charge < -0.3 is 44.6 Å². The Morgan fingerprint density at radius 2 is 1.77 bits per heavy atom. The molecule has 14 nitrogen and oxygen atoms in total. The van der Waals surface area contributed by atoms with Gasteiger partial charge in [-0.05, 0) is 57.4 Å². The molecular formula is C39H51N5O9. The zero-order valence-corrected chi connectivity index (χ0v) is 31.4. The molecular weight excluding hydrogens is 682 g/mol. The molecule has 5 rings (SSSR count). The predicted molar refractivity (Wildman–Crippen MR) is 196 cm³/mol. The summed E-state index contributed by atoms with van der Waals surface area (Å²) in [6.45, 7) is 9.54. The number of hydrogen-bond acceptors (Lipinski definition) is 11. The molecule has 1 spiro atoms. The lowest BCUT2D eigenvalue weighted by atomic mass is 9.91. The summed E-state index contributed by atoms with van der Waals surface area (Å²) < 4.78 is 22.8. The van der Waals surface area contributed by atoms with Crippen LogP contribution in [0.3, 0.4) is 0 Å². The van der Waals surface area contributed by atoms with Crippen molar-refractivity contribution in [1.29, 1.82) is 0 Å². The zero-order chi connectivity index (χ0) is 38.3. The van der Waals surface area contributed by atoms with E-state index in [0.717, 1.165) is 18.4 Å². The lowest BCUT2D eigenvalue weighted by Gasteiger charge is -2.37. The molecule has 14 heteroatoms. The number of hydrogen-bond donors (Lipinski definition) is 3. The van der Waals surface area contributed by atoms with Crippen LogP contribution in [-0.4, -0.2) is 97.4 Å². The Kier molecular flexibility index (Phi) is 12.3. The predicted octanol–water partition coefficient (Wildman–Crippen LogP) is 3.37. The number of oxime groups is 1. The van der Waals surface area contributed by atoms with Crippen LogP contribution in [0, 0.1) is 0 Å². The quantitative estimate of drug-likeness (QED) is 0.153. The Labute approximate surface area is 310 Å². The van der Waals surface area contributed by atoms with E-state index in [1.54, 1.807) is 27.0 Å². The second-order valence-corrected chi connectivity index (χ2v) is 14.3. The van der Waals surface area contributed by atoms with E-state index in [9.17, 15) is 19.2 Å². The summed E-state index contributed by atoms with van der Waals surface area (Å²) in [5.41, 5.74) is -0.0968. The molecule has 3 aliphatic rings. The first-order valence-corrected chi connectivity index (χ1v) is 17.9. The number of nitrogens with one attached hydrogen (secondary N) is 3. The number of Topliss-reactive ketones (excluding diaryl/α,β-unsaturated/α-hetero) is 1. The maximum Gasteiger partial charge on any atom is 0.289 e. The van der Waals surface area contributed by atoms with Crippen LogP contribution in [0.15, 0.2) is 66.1 Å². The van der Waals surface area contributed by atoms with Gasteiger partial charge in [0, 0.05) is 31.6 Å². The van der Waals surface area contributed by atoms with E-state index in [2.05, 4.69) is 27.7 Å². The normalized spacial score (nSPS) is 20.5. The van der Waals surface area contributed by atoms with Crippen molar-refractivity contribution >= 4 is 29.2 Å². The SMILES string of the molecule is C=C(N[C@H](C(=O)N1C[C@@]2(CC(c3cccc(OC)c3OC)=NO2)C[C@H]1C(=O)N[C@@H](CCC)C(=O)C(=O)NC1CC1)C(C)(C)OC)OCc1ccccc1. The number of likely N-dealkylation sites (tertiary alicyclic amines) is 1. The van der Waals surface area contributed by atoms with Gasteiger partial charge in [0.1, 0.15) is 18.7 Å². The fourth-order valence-electron chi connectivity index (χ4n) is 6.62. The minimum Gasteiger partial charge on any atom is -0.493 e. The number of carbonyl (C=O) groups is 4. The average Bonchev–Trinajstić information content (AvgIpc) is 3.76. The molecule has 0 aromatic heterocycles. The van der Waals surface area contributed by atoms with E-state index in [4.69, 9.17) is 23.8 Å². The molecule has 1 aliphatic carbocycles. The second kappa shape index (κ2) is 16.7. The molecule has 4 atom stereocenters. The van der Waals surface area contributed by atoms with Crippen LogP contribution in [0.1, 0.15) is 70.4 Å².